The van der Waals surface area contributed by atoms with Gasteiger partial charge in [-0.1, -0.05) is 43.6 Å². The number of allylic oxidation sites excluding steroid dienone is 1. The van der Waals surface area contributed by atoms with E-state index in [4.69, 9.17) is 23.2 Å². The Bertz CT molecular complexity index is 608. The molecule has 1 aliphatic carbocycles. The molecule has 146 valence electrons. The number of aliphatic hydroxyl groups is 1. The Balaban J connectivity index is 2.09. The van der Waals surface area contributed by atoms with Gasteiger partial charge in [0.15, 0.2) is 0 Å². The summed E-state index contributed by atoms with van der Waals surface area (Å²) in [5.41, 5.74) is 2.83. The molecule has 1 aliphatic rings. The van der Waals surface area contributed by atoms with Gasteiger partial charge in [0.05, 0.1) is 5.60 Å². The Morgan fingerprint density at radius 3 is 2.27 bits per heavy atom. The highest BCUT2D eigenvalue weighted by Crippen LogP contribution is 2.35. The first-order chi connectivity index (χ1) is 12.2. The predicted molar refractivity (Wildman–Crippen MR) is 113 cm³/mol. The van der Waals surface area contributed by atoms with E-state index in [1.165, 1.54) is 5.56 Å². The minimum atomic E-state index is -0.509. The van der Waals surface area contributed by atoms with Crippen LogP contribution >= 0.6 is 23.2 Å². The molecule has 4 heteroatoms. The zero-order valence-electron chi connectivity index (χ0n) is 16.6. The molecule has 1 fully saturated rings. The van der Waals surface area contributed by atoms with Crippen LogP contribution in [0.3, 0.4) is 0 Å². The molecule has 1 aromatic carbocycles. The number of nitrogens with zero attached hydrogens (tertiary/aromatic N) is 1. The molecule has 1 atom stereocenters. The average molecular weight is 398 g/mol. The van der Waals surface area contributed by atoms with Crippen LogP contribution in [0.4, 0.5) is 0 Å². The summed E-state index contributed by atoms with van der Waals surface area (Å²) < 4.78 is 0. The lowest BCUT2D eigenvalue weighted by Gasteiger charge is -2.41. The van der Waals surface area contributed by atoms with Crippen molar-refractivity contribution >= 4 is 23.2 Å². The van der Waals surface area contributed by atoms with Crippen LogP contribution in [0.2, 0.25) is 10.0 Å². The van der Waals surface area contributed by atoms with E-state index >= 15 is 0 Å². The lowest BCUT2D eigenvalue weighted by Crippen LogP contribution is -2.41. The minimum Gasteiger partial charge on any atom is -0.390 e. The van der Waals surface area contributed by atoms with Crippen molar-refractivity contribution in [2.75, 3.05) is 7.05 Å². The standard InChI is InChI=1S/C22H33Cl2NO/c1-6-16-12-20(23)19(21(24)13-16)14-17(7-2)15(3)25(5)18-8-10-22(4,26)11-9-18/h12-13,17-18,26H,3,6-11,14H2,1-2,4-5H3. The summed E-state index contributed by atoms with van der Waals surface area (Å²) in [6, 6.07) is 4.52. The third kappa shape index (κ3) is 5.18. The van der Waals surface area contributed by atoms with E-state index in [1.54, 1.807) is 0 Å². The van der Waals surface area contributed by atoms with Crippen LogP contribution in [0, 0.1) is 5.92 Å². The Kier molecular flexibility index (Phi) is 7.47. The maximum absolute atomic E-state index is 10.2. The molecule has 2 nitrogen and oxygen atoms in total. The fourth-order valence-electron chi connectivity index (χ4n) is 3.93. The monoisotopic (exact) mass is 397 g/mol. The molecule has 26 heavy (non-hydrogen) atoms. The summed E-state index contributed by atoms with van der Waals surface area (Å²) in [5.74, 6) is 0.310. The largest absolute Gasteiger partial charge is 0.390 e. The topological polar surface area (TPSA) is 23.5 Å². The Hall–Kier alpha value is -0.700. The fourth-order valence-corrected chi connectivity index (χ4v) is 4.62. The normalized spacial score (nSPS) is 24.3. The van der Waals surface area contributed by atoms with Gasteiger partial charge in [0.2, 0.25) is 0 Å². The van der Waals surface area contributed by atoms with Crippen LogP contribution in [0.15, 0.2) is 24.4 Å². The van der Waals surface area contributed by atoms with Crippen LogP contribution in [0.25, 0.3) is 0 Å². The van der Waals surface area contributed by atoms with Crippen LogP contribution in [-0.2, 0) is 12.8 Å². The molecule has 1 N–H and O–H groups in total. The first-order valence-electron chi connectivity index (χ1n) is 9.79. The van der Waals surface area contributed by atoms with Crippen LogP contribution in [0.1, 0.15) is 64.0 Å². The highest BCUT2D eigenvalue weighted by molar-refractivity contribution is 6.36. The molecule has 0 radical (unpaired) electrons. The van der Waals surface area contributed by atoms with E-state index in [1.807, 2.05) is 19.1 Å². The van der Waals surface area contributed by atoms with Crippen molar-refractivity contribution in [2.45, 2.75) is 77.4 Å². The zero-order valence-corrected chi connectivity index (χ0v) is 18.1. The van der Waals surface area contributed by atoms with Gasteiger partial charge in [-0.25, -0.2) is 0 Å². The first-order valence-corrected chi connectivity index (χ1v) is 10.5. The molecule has 0 aliphatic heterocycles. The summed E-state index contributed by atoms with van der Waals surface area (Å²) in [6.45, 7) is 10.6. The Morgan fingerprint density at radius 2 is 1.81 bits per heavy atom. The molecule has 0 heterocycles. The summed E-state index contributed by atoms with van der Waals surface area (Å²) in [7, 11) is 2.14. The van der Waals surface area contributed by atoms with Gasteiger partial charge in [0.1, 0.15) is 0 Å². The zero-order chi connectivity index (χ0) is 19.5. The number of halogens is 2. The van der Waals surface area contributed by atoms with Crippen molar-refractivity contribution in [3.63, 3.8) is 0 Å². The maximum atomic E-state index is 10.2. The summed E-state index contributed by atoms with van der Waals surface area (Å²) >= 11 is 13.0. The van der Waals surface area contributed by atoms with Crippen molar-refractivity contribution in [3.05, 3.63) is 45.6 Å². The molecule has 0 aromatic heterocycles. The molecule has 1 saturated carbocycles. The van der Waals surface area contributed by atoms with Gasteiger partial charge in [-0.2, -0.15) is 0 Å². The van der Waals surface area contributed by atoms with Crippen molar-refractivity contribution in [3.8, 4) is 0 Å². The van der Waals surface area contributed by atoms with Crippen molar-refractivity contribution < 1.29 is 5.11 Å². The molecule has 0 amide bonds. The van der Waals surface area contributed by atoms with Crippen LogP contribution < -0.4 is 0 Å². The molecule has 0 bridgehead atoms. The molecule has 0 saturated heterocycles. The smallest absolute Gasteiger partial charge is 0.0621 e. The second kappa shape index (κ2) is 8.99. The number of hydrogen-bond acceptors (Lipinski definition) is 2. The van der Waals surface area contributed by atoms with E-state index in [0.29, 0.717) is 12.0 Å². The molecule has 1 aromatic rings. The average Bonchev–Trinajstić information content (AvgIpc) is 2.60. The van der Waals surface area contributed by atoms with E-state index in [-0.39, 0.29) is 0 Å². The van der Waals surface area contributed by atoms with Gasteiger partial charge >= 0.3 is 0 Å². The van der Waals surface area contributed by atoms with E-state index in [0.717, 1.165) is 66.3 Å². The second-order valence-corrected chi connectivity index (χ2v) is 8.85. The maximum Gasteiger partial charge on any atom is 0.0621 e. The summed E-state index contributed by atoms with van der Waals surface area (Å²) in [4.78, 5) is 2.33. The highest BCUT2D eigenvalue weighted by atomic mass is 35.5. The molecule has 1 unspecified atom stereocenters. The third-order valence-corrected chi connectivity index (χ3v) is 6.73. The molecular formula is C22H33Cl2NO. The van der Waals surface area contributed by atoms with Crippen LogP contribution in [0.5, 0.6) is 0 Å². The van der Waals surface area contributed by atoms with E-state index in [2.05, 4.69) is 32.4 Å². The lowest BCUT2D eigenvalue weighted by atomic mass is 9.82. The molecule has 0 spiro atoms. The van der Waals surface area contributed by atoms with Crippen LogP contribution in [-0.4, -0.2) is 28.7 Å². The summed E-state index contributed by atoms with van der Waals surface area (Å²) in [6.07, 6.45) is 6.45. The molecule has 2 rings (SSSR count). The lowest BCUT2D eigenvalue weighted by molar-refractivity contribution is 0.00180. The van der Waals surface area contributed by atoms with Gasteiger partial charge in [-0.3, -0.25) is 0 Å². The van der Waals surface area contributed by atoms with Gasteiger partial charge < -0.3 is 10.0 Å². The number of rotatable bonds is 7. The third-order valence-electron chi connectivity index (χ3n) is 6.06. The van der Waals surface area contributed by atoms with E-state index in [9.17, 15) is 5.11 Å². The van der Waals surface area contributed by atoms with E-state index < -0.39 is 5.60 Å². The number of benzene rings is 1. The highest BCUT2D eigenvalue weighted by Gasteiger charge is 2.32. The minimum absolute atomic E-state index is 0.310. The molecular weight excluding hydrogens is 365 g/mol. The fraction of sp³-hybridized carbons (Fsp3) is 0.636. The van der Waals surface area contributed by atoms with Crippen molar-refractivity contribution in [1.29, 1.82) is 0 Å². The SMILES string of the molecule is C=C(C(CC)Cc1c(Cl)cc(CC)cc1Cl)N(C)C1CCC(C)(O)CC1. The van der Waals surface area contributed by atoms with Gasteiger partial charge in [0, 0.05) is 34.7 Å². The number of aryl methyl sites for hydroxylation is 1. The first kappa shape index (κ1) is 21.6. The van der Waals surface area contributed by atoms with Gasteiger partial charge in [-0.15, -0.1) is 0 Å². The van der Waals surface area contributed by atoms with Crippen molar-refractivity contribution in [2.24, 2.45) is 5.92 Å². The van der Waals surface area contributed by atoms with Gasteiger partial charge in [-0.05, 0) is 75.1 Å². The summed E-state index contributed by atoms with van der Waals surface area (Å²) in [5, 5.41) is 11.7. The van der Waals surface area contributed by atoms with Crippen molar-refractivity contribution in [1.82, 2.24) is 4.90 Å². The predicted octanol–water partition coefficient (Wildman–Crippen LogP) is 6.26. The quantitative estimate of drug-likeness (QED) is 0.586. The number of hydrogen-bond donors (Lipinski definition) is 1. The van der Waals surface area contributed by atoms with Gasteiger partial charge in [0.25, 0.3) is 0 Å². The second-order valence-electron chi connectivity index (χ2n) is 8.03. The Morgan fingerprint density at radius 1 is 1.27 bits per heavy atom. The Labute approximate surface area is 169 Å².